The van der Waals surface area contributed by atoms with Crippen LogP contribution in [0.2, 0.25) is 0 Å². The molecule has 112 valence electrons. The van der Waals surface area contributed by atoms with E-state index in [-0.39, 0.29) is 10.2 Å². The molecule has 3 nitrogen and oxygen atoms in total. The molecule has 21 heavy (non-hydrogen) atoms. The Balaban J connectivity index is 2.43. The van der Waals surface area contributed by atoms with Crippen molar-refractivity contribution in [3.8, 4) is 0 Å². The summed E-state index contributed by atoms with van der Waals surface area (Å²) in [5, 5.41) is 0. The van der Waals surface area contributed by atoms with Crippen molar-refractivity contribution >= 4 is 31.6 Å². The molecule has 0 aliphatic carbocycles. The van der Waals surface area contributed by atoms with Gasteiger partial charge in [-0.3, -0.25) is 4.72 Å². The summed E-state index contributed by atoms with van der Waals surface area (Å²) in [6.07, 6.45) is -4.62. The predicted molar refractivity (Wildman–Crippen MR) is 76.4 cm³/mol. The molecule has 0 radical (unpaired) electrons. The van der Waals surface area contributed by atoms with Crippen molar-refractivity contribution in [3.63, 3.8) is 0 Å². The molecule has 0 amide bonds. The lowest BCUT2D eigenvalue weighted by atomic mass is 10.2. The Morgan fingerprint density at radius 3 is 2.19 bits per heavy atom. The molecular weight excluding hydrogens is 371 g/mol. The van der Waals surface area contributed by atoms with E-state index >= 15 is 0 Å². The zero-order chi connectivity index (χ0) is 15.7. The molecule has 0 spiro atoms. The average molecular weight is 380 g/mol. The van der Waals surface area contributed by atoms with Gasteiger partial charge >= 0.3 is 6.18 Å². The van der Waals surface area contributed by atoms with Crippen LogP contribution in [-0.2, 0) is 16.2 Å². The fourth-order valence-electron chi connectivity index (χ4n) is 1.60. The highest BCUT2D eigenvalue weighted by molar-refractivity contribution is 9.10. The van der Waals surface area contributed by atoms with Crippen molar-refractivity contribution in [2.24, 2.45) is 0 Å². The summed E-state index contributed by atoms with van der Waals surface area (Å²) >= 11 is 2.89. The van der Waals surface area contributed by atoms with E-state index in [0.29, 0.717) is 6.07 Å². The maximum absolute atomic E-state index is 12.7. The Labute approximate surface area is 128 Å². The molecular formula is C13H9BrF3NO2S. The number of benzene rings is 2. The molecule has 0 bridgehead atoms. The molecule has 0 heterocycles. The largest absolute Gasteiger partial charge is 0.416 e. The van der Waals surface area contributed by atoms with Gasteiger partial charge in [0, 0.05) is 10.2 Å². The van der Waals surface area contributed by atoms with Crippen LogP contribution in [0.1, 0.15) is 5.56 Å². The van der Waals surface area contributed by atoms with Gasteiger partial charge in [-0.2, -0.15) is 13.2 Å². The number of halogens is 4. The van der Waals surface area contributed by atoms with E-state index in [1.54, 1.807) is 18.2 Å². The first-order chi connectivity index (χ1) is 9.68. The van der Waals surface area contributed by atoms with Crippen molar-refractivity contribution in [2.45, 2.75) is 11.1 Å². The Morgan fingerprint density at radius 2 is 1.62 bits per heavy atom. The molecule has 2 rings (SSSR count). The second-order valence-corrected chi connectivity index (χ2v) is 6.74. The van der Waals surface area contributed by atoms with Gasteiger partial charge in [-0.15, -0.1) is 0 Å². The third-order valence-electron chi connectivity index (χ3n) is 2.53. The van der Waals surface area contributed by atoms with E-state index in [1.165, 1.54) is 12.1 Å². The van der Waals surface area contributed by atoms with Crippen molar-refractivity contribution in [1.29, 1.82) is 0 Å². The van der Waals surface area contributed by atoms with E-state index in [2.05, 4.69) is 20.7 Å². The molecule has 0 saturated heterocycles. The monoisotopic (exact) mass is 379 g/mol. The number of hydrogen-bond acceptors (Lipinski definition) is 2. The Hall–Kier alpha value is -1.54. The van der Waals surface area contributed by atoms with Gasteiger partial charge in [0.05, 0.1) is 10.5 Å². The smallest absolute Gasteiger partial charge is 0.280 e. The highest BCUT2D eigenvalue weighted by Crippen LogP contribution is 2.33. The summed E-state index contributed by atoms with van der Waals surface area (Å²) < 4.78 is 64.7. The molecule has 1 N–H and O–H groups in total. The van der Waals surface area contributed by atoms with Crippen LogP contribution in [0.4, 0.5) is 18.9 Å². The third-order valence-corrected chi connectivity index (χ3v) is 4.35. The van der Waals surface area contributed by atoms with Crippen molar-refractivity contribution in [2.75, 3.05) is 4.72 Å². The van der Waals surface area contributed by atoms with Gasteiger partial charge in [0.25, 0.3) is 10.0 Å². The lowest BCUT2D eigenvalue weighted by Crippen LogP contribution is -2.14. The standard InChI is InChI=1S/C13H9BrF3NO2S/c14-10-6-9(13(15,16)17)7-12(8-10)21(19,20)18-11-4-2-1-3-5-11/h1-8,18H. The van der Waals surface area contributed by atoms with Crippen LogP contribution in [-0.4, -0.2) is 8.42 Å². The van der Waals surface area contributed by atoms with Gasteiger partial charge < -0.3 is 0 Å². The zero-order valence-electron chi connectivity index (χ0n) is 10.4. The highest BCUT2D eigenvalue weighted by atomic mass is 79.9. The van der Waals surface area contributed by atoms with Crippen molar-refractivity contribution < 1.29 is 21.6 Å². The van der Waals surface area contributed by atoms with Gasteiger partial charge in [-0.1, -0.05) is 34.1 Å². The summed E-state index contributed by atoms with van der Waals surface area (Å²) in [5.41, 5.74) is -0.767. The van der Waals surface area contributed by atoms with Crippen molar-refractivity contribution in [3.05, 3.63) is 58.6 Å². The summed E-state index contributed by atoms with van der Waals surface area (Å²) in [4.78, 5) is -0.465. The van der Waals surface area contributed by atoms with E-state index in [9.17, 15) is 21.6 Å². The number of nitrogens with one attached hydrogen (secondary N) is 1. The molecule has 0 fully saturated rings. The highest BCUT2D eigenvalue weighted by Gasteiger charge is 2.32. The minimum atomic E-state index is -4.62. The minimum Gasteiger partial charge on any atom is -0.280 e. The summed E-state index contributed by atoms with van der Waals surface area (Å²) in [7, 11) is -4.10. The second-order valence-electron chi connectivity index (χ2n) is 4.14. The van der Waals surface area contributed by atoms with Gasteiger partial charge in [-0.25, -0.2) is 8.42 Å². The van der Waals surface area contributed by atoms with Crippen LogP contribution in [0.25, 0.3) is 0 Å². The van der Waals surface area contributed by atoms with Gasteiger partial charge in [0.15, 0.2) is 0 Å². The van der Waals surface area contributed by atoms with Crippen molar-refractivity contribution in [1.82, 2.24) is 0 Å². The molecule has 8 heteroatoms. The van der Waals surface area contributed by atoms with E-state index in [1.807, 2.05) is 0 Å². The maximum atomic E-state index is 12.7. The van der Waals surface area contributed by atoms with E-state index in [0.717, 1.165) is 12.1 Å². The van der Waals surface area contributed by atoms with Gasteiger partial charge in [0.1, 0.15) is 0 Å². The molecule has 0 atom stereocenters. The number of para-hydroxylation sites is 1. The average Bonchev–Trinajstić information content (AvgIpc) is 2.37. The van der Waals surface area contributed by atoms with E-state index in [4.69, 9.17) is 0 Å². The molecule has 2 aromatic carbocycles. The van der Waals surface area contributed by atoms with Crippen LogP contribution >= 0.6 is 15.9 Å². The topological polar surface area (TPSA) is 46.2 Å². The Morgan fingerprint density at radius 1 is 1.00 bits per heavy atom. The summed E-state index contributed by atoms with van der Waals surface area (Å²) in [5.74, 6) is 0. The molecule has 0 aromatic heterocycles. The zero-order valence-corrected chi connectivity index (χ0v) is 12.8. The molecule has 0 aliphatic heterocycles. The van der Waals surface area contributed by atoms with Crippen LogP contribution in [0.3, 0.4) is 0 Å². The first kappa shape index (κ1) is 15.8. The number of sulfonamides is 1. The SMILES string of the molecule is O=S(=O)(Nc1ccccc1)c1cc(Br)cc(C(F)(F)F)c1. The van der Waals surface area contributed by atoms with E-state index < -0.39 is 26.7 Å². The maximum Gasteiger partial charge on any atom is 0.416 e. The normalized spacial score (nSPS) is 12.2. The fraction of sp³-hybridized carbons (Fsp3) is 0.0769. The second kappa shape index (κ2) is 5.69. The lowest BCUT2D eigenvalue weighted by Gasteiger charge is -2.12. The number of hydrogen-bond donors (Lipinski definition) is 1. The number of rotatable bonds is 3. The first-order valence-electron chi connectivity index (χ1n) is 5.64. The number of alkyl halides is 3. The van der Waals surface area contributed by atoms with Crippen LogP contribution in [0.15, 0.2) is 57.9 Å². The van der Waals surface area contributed by atoms with Crippen LogP contribution in [0.5, 0.6) is 0 Å². The fourth-order valence-corrected chi connectivity index (χ4v) is 3.38. The predicted octanol–water partition coefficient (Wildman–Crippen LogP) is 4.27. The summed E-state index contributed by atoms with van der Waals surface area (Å²) in [6, 6.07) is 10.4. The lowest BCUT2D eigenvalue weighted by molar-refractivity contribution is -0.137. The van der Waals surface area contributed by atoms with Gasteiger partial charge in [-0.05, 0) is 30.3 Å². The quantitative estimate of drug-likeness (QED) is 0.865. The summed E-state index contributed by atoms with van der Waals surface area (Å²) in [6.45, 7) is 0. The molecule has 0 saturated carbocycles. The van der Waals surface area contributed by atoms with Gasteiger partial charge in [0.2, 0.25) is 0 Å². The third kappa shape index (κ3) is 3.98. The van der Waals surface area contributed by atoms with Crippen LogP contribution in [0, 0.1) is 0 Å². The Bertz CT molecular complexity index is 746. The minimum absolute atomic E-state index is 0.0331. The Kier molecular flexibility index (Phi) is 4.29. The molecule has 0 unspecified atom stereocenters. The van der Waals surface area contributed by atoms with Crippen LogP contribution < -0.4 is 4.72 Å². The molecule has 2 aromatic rings. The number of anilines is 1. The first-order valence-corrected chi connectivity index (χ1v) is 7.92. The molecule has 0 aliphatic rings.